The molecule has 0 radical (unpaired) electrons. The Kier molecular flexibility index (Phi) is 6.79. The summed E-state index contributed by atoms with van der Waals surface area (Å²) in [5, 5.41) is 14.6. The normalized spacial score (nSPS) is 15.2. The van der Waals surface area contributed by atoms with E-state index >= 15 is 0 Å². The summed E-state index contributed by atoms with van der Waals surface area (Å²) in [6.45, 7) is 8.01. The molecule has 1 aliphatic heterocycles. The molecular formula is C29H28N4O2. The minimum Gasteiger partial charge on any atom is -0.274 e. The summed E-state index contributed by atoms with van der Waals surface area (Å²) < 4.78 is 1.79. The number of carbonyl (C=O) groups excluding carboxylic acids is 2. The maximum Gasteiger partial charge on any atom is 0.271 e. The topological polar surface area (TPSA) is 79.0 Å². The number of aryl methyl sites for hydroxylation is 2. The molecule has 2 amide bonds. The number of carbonyl (C=O) groups is 2. The van der Waals surface area contributed by atoms with Crippen LogP contribution in [0.4, 0.5) is 0 Å². The molecule has 0 saturated carbocycles. The Morgan fingerprint density at radius 2 is 1.77 bits per heavy atom. The zero-order chi connectivity index (χ0) is 25.1. The van der Waals surface area contributed by atoms with E-state index in [1.165, 1.54) is 4.90 Å². The highest BCUT2D eigenvalue weighted by Gasteiger charge is 2.35. The van der Waals surface area contributed by atoms with Crippen LogP contribution in [-0.2, 0) is 9.59 Å². The number of benzene rings is 2. The minimum atomic E-state index is -0.518. The van der Waals surface area contributed by atoms with Crippen molar-refractivity contribution in [2.75, 3.05) is 6.54 Å². The second-order valence-corrected chi connectivity index (χ2v) is 8.82. The van der Waals surface area contributed by atoms with Gasteiger partial charge in [-0.1, -0.05) is 49.2 Å². The molecule has 0 N–H and O–H groups in total. The minimum absolute atomic E-state index is 0.00990. The summed E-state index contributed by atoms with van der Waals surface area (Å²) in [6, 6.07) is 18.0. The molecule has 1 aliphatic rings. The van der Waals surface area contributed by atoms with Crippen LogP contribution in [0.2, 0.25) is 0 Å². The van der Waals surface area contributed by atoms with Gasteiger partial charge < -0.3 is 0 Å². The van der Waals surface area contributed by atoms with Gasteiger partial charge in [0.1, 0.15) is 17.3 Å². The lowest BCUT2D eigenvalue weighted by Gasteiger charge is -2.27. The quantitative estimate of drug-likeness (QED) is 0.354. The van der Waals surface area contributed by atoms with Gasteiger partial charge in [-0.2, -0.15) is 10.4 Å². The van der Waals surface area contributed by atoms with Gasteiger partial charge in [0.2, 0.25) is 0 Å². The van der Waals surface area contributed by atoms with E-state index in [0.717, 1.165) is 40.1 Å². The van der Waals surface area contributed by atoms with E-state index in [2.05, 4.69) is 18.2 Å². The van der Waals surface area contributed by atoms with Gasteiger partial charge in [-0.3, -0.25) is 14.5 Å². The Morgan fingerprint density at radius 3 is 2.46 bits per heavy atom. The number of para-hydroxylation sites is 1. The predicted octanol–water partition coefficient (Wildman–Crippen LogP) is 5.55. The van der Waals surface area contributed by atoms with Gasteiger partial charge in [-0.05, 0) is 62.6 Å². The van der Waals surface area contributed by atoms with Gasteiger partial charge >= 0.3 is 0 Å². The summed E-state index contributed by atoms with van der Waals surface area (Å²) in [5.41, 5.74) is 6.26. The number of nitrogens with zero attached hydrogens (tertiary/aromatic N) is 4. The third-order valence-electron chi connectivity index (χ3n) is 6.27. The molecular weight excluding hydrogens is 436 g/mol. The highest BCUT2D eigenvalue weighted by molar-refractivity contribution is 6.19. The first-order valence-electron chi connectivity index (χ1n) is 11.8. The summed E-state index contributed by atoms with van der Waals surface area (Å²) in [5.74, 6) is -0.894. The van der Waals surface area contributed by atoms with Gasteiger partial charge in [0.05, 0.1) is 5.69 Å². The van der Waals surface area contributed by atoms with Crippen LogP contribution < -0.4 is 0 Å². The van der Waals surface area contributed by atoms with Crippen molar-refractivity contribution in [2.24, 2.45) is 0 Å². The first kappa shape index (κ1) is 23.9. The Labute approximate surface area is 205 Å². The van der Waals surface area contributed by atoms with Crippen molar-refractivity contribution in [2.45, 2.75) is 40.5 Å². The van der Waals surface area contributed by atoms with Crippen LogP contribution in [0.25, 0.3) is 23.0 Å². The van der Waals surface area contributed by atoms with Crippen LogP contribution in [0.3, 0.4) is 0 Å². The zero-order valence-electron chi connectivity index (χ0n) is 20.5. The van der Waals surface area contributed by atoms with Crippen LogP contribution in [0.15, 0.2) is 71.4 Å². The van der Waals surface area contributed by atoms with Crippen molar-refractivity contribution < 1.29 is 9.59 Å². The first-order chi connectivity index (χ1) is 16.8. The summed E-state index contributed by atoms with van der Waals surface area (Å²) in [6.07, 6.45) is 5.17. The lowest BCUT2D eigenvalue weighted by atomic mass is 9.92. The number of nitriles is 1. The molecule has 0 aliphatic carbocycles. The molecule has 4 rings (SSSR count). The van der Waals surface area contributed by atoms with Crippen LogP contribution in [-0.4, -0.2) is 33.0 Å². The largest absolute Gasteiger partial charge is 0.274 e. The highest BCUT2D eigenvalue weighted by Crippen LogP contribution is 2.32. The molecule has 0 saturated heterocycles. The average molecular weight is 465 g/mol. The van der Waals surface area contributed by atoms with E-state index in [9.17, 15) is 14.9 Å². The maximum absolute atomic E-state index is 13.4. The smallest absolute Gasteiger partial charge is 0.271 e. The summed E-state index contributed by atoms with van der Waals surface area (Å²) in [7, 11) is 0. The van der Waals surface area contributed by atoms with Gasteiger partial charge in [-0.15, -0.1) is 0 Å². The highest BCUT2D eigenvalue weighted by atomic mass is 16.2. The predicted molar refractivity (Wildman–Crippen MR) is 136 cm³/mol. The fourth-order valence-corrected chi connectivity index (χ4v) is 4.21. The molecule has 35 heavy (non-hydrogen) atoms. The van der Waals surface area contributed by atoms with Crippen LogP contribution in [0.1, 0.15) is 43.4 Å². The molecule has 1 aromatic heterocycles. The number of imide groups is 1. The van der Waals surface area contributed by atoms with E-state index in [0.29, 0.717) is 17.6 Å². The Balaban J connectivity index is 1.93. The van der Waals surface area contributed by atoms with Gasteiger partial charge in [0.25, 0.3) is 11.8 Å². The standard InChI is InChI=1S/C29H28N4O2/c1-5-6-14-32-28(34)25(21(4)26(17-30)29(32)35)16-22-18-33(23-10-8-7-9-11-23)31-27(22)24-15-19(2)12-13-20(24)3/h7-13,15-16,18H,5-6,14H2,1-4H3/b25-16+. The number of hydrogen-bond donors (Lipinski definition) is 0. The van der Waals surface area contributed by atoms with Gasteiger partial charge in [-0.25, -0.2) is 4.68 Å². The number of amides is 2. The van der Waals surface area contributed by atoms with Crippen molar-refractivity contribution in [3.8, 4) is 23.0 Å². The second kappa shape index (κ2) is 9.94. The van der Waals surface area contributed by atoms with Crippen LogP contribution in [0.5, 0.6) is 0 Å². The number of unbranched alkanes of at least 4 members (excludes halogenated alkanes) is 1. The summed E-state index contributed by atoms with van der Waals surface area (Å²) in [4.78, 5) is 27.4. The fourth-order valence-electron chi connectivity index (χ4n) is 4.21. The molecule has 6 nitrogen and oxygen atoms in total. The molecule has 0 unspecified atom stereocenters. The van der Waals surface area contributed by atoms with Crippen LogP contribution in [0, 0.1) is 25.2 Å². The van der Waals surface area contributed by atoms with E-state index in [1.54, 1.807) is 17.7 Å². The fraction of sp³-hybridized carbons (Fsp3) is 0.241. The molecule has 2 heterocycles. The van der Waals surface area contributed by atoms with E-state index < -0.39 is 5.91 Å². The van der Waals surface area contributed by atoms with Crippen molar-refractivity contribution in [3.05, 3.63) is 88.1 Å². The molecule has 176 valence electrons. The molecule has 0 fully saturated rings. The van der Waals surface area contributed by atoms with Crippen molar-refractivity contribution >= 4 is 17.9 Å². The van der Waals surface area contributed by atoms with E-state index in [4.69, 9.17) is 5.10 Å². The monoisotopic (exact) mass is 464 g/mol. The Bertz CT molecular complexity index is 1400. The summed E-state index contributed by atoms with van der Waals surface area (Å²) >= 11 is 0. The van der Waals surface area contributed by atoms with Crippen molar-refractivity contribution in [1.29, 1.82) is 5.26 Å². The number of hydrogen-bond acceptors (Lipinski definition) is 4. The molecule has 0 bridgehead atoms. The average Bonchev–Trinajstić information content (AvgIpc) is 3.28. The van der Waals surface area contributed by atoms with Crippen LogP contribution >= 0.6 is 0 Å². The molecule has 0 spiro atoms. The Hall–Kier alpha value is -4.24. The SMILES string of the molecule is CCCCN1C(=O)C(C#N)=C(C)/C(=C\c2cn(-c3ccccc3)nc2-c2cc(C)ccc2C)C1=O. The van der Waals surface area contributed by atoms with Gasteiger partial charge in [0, 0.05) is 29.4 Å². The third-order valence-corrected chi connectivity index (χ3v) is 6.27. The van der Waals surface area contributed by atoms with E-state index in [1.807, 2.05) is 63.4 Å². The first-order valence-corrected chi connectivity index (χ1v) is 11.8. The number of aromatic nitrogens is 2. The van der Waals surface area contributed by atoms with Crippen molar-refractivity contribution in [1.82, 2.24) is 14.7 Å². The maximum atomic E-state index is 13.4. The number of rotatable bonds is 6. The van der Waals surface area contributed by atoms with Gasteiger partial charge in [0.15, 0.2) is 0 Å². The third kappa shape index (κ3) is 4.58. The molecule has 2 aromatic carbocycles. The zero-order valence-corrected chi connectivity index (χ0v) is 20.5. The molecule has 3 aromatic rings. The molecule has 0 atom stereocenters. The molecule has 6 heteroatoms. The second-order valence-electron chi connectivity index (χ2n) is 8.82. The Morgan fingerprint density at radius 1 is 1.03 bits per heavy atom. The van der Waals surface area contributed by atoms with Crippen molar-refractivity contribution in [3.63, 3.8) is 0 Å². The van der Waals surface area contributed by atoms with E-state index in [-0.39, 0.29) is 18.0 Å². The lowest BCUT2D eigenvalue weighted by molar-refractivity contribution is -0.140. The lowest BCUT2D eigenvalue weighted by Crippen LogP contribution is -2.43.